The Labute approximate surface area is 147 Å². The summed E-state index contributed by atoms with van der Waals surface area (Å²) in [6.07, 6.45) is 6.59. The second-order valence-electron chi connectivity index (χ2n) is 6.85. The van der Waals surface area contributed by atoms with Crippen LogP contribution in [0.4, 0.5) is 0 Å². The summed E-state index contributed by atoms with van der Waals surface area (Å²) in [4.78, 5) is 12.5. The van der Waals surface area contributed by atoms with Crippen LogP contribution in [0.5, 0.6) is 0 Å². The fraction of sp³-hybridized carbons (Fsp3) is 0.350. The van der Waals surface area contributed by atoms with Crippen LogP contribution in [0.25, 0.3) is 0 Å². The van der Waals surface area contributed by atoms with Crippen LogP contribution in [-0.4, -0.2) is 34.3 Å². The lowest BCUT2D eigenvalue weighted by Crippen LogP contribution is -2.47. The fourth-order valence-electron chi connectivity index (χ4n) is 3.70. The first-order chi connectivity index (χ1) is 12.3. The summed E-state index contributed by atoms with van der Waals surface area (Å²) in [5, 5.41) is 13.3. The van der Waals surface area contributed by atoms with E-state index < -0.39 is 0 Å². The van der Waals surface area contributed by atoms with Crippen molar-refractivity contribution in [1.82, 2.24) is 9.88 Å². The molecular weight excluding hydrogens is 312 g/mol. The number of piperidine rings is 1. The highest BCUT2D eigenvalue weighted by Crippen LogP contribution is 2.35. The van der Waals surface area contributed by atoms with Crippen molar-refractivity contribution in [2.45, 2.75) is 31.4 Å². The summed E-state index contributed by atoms with van der Waals surface area (Å²) >= 11 is 0. The topological polar surface area (TPSA) is 61.5 Å². The molecule has 126 valence electrons. The predicted molar refractivity (Wildman–Crippen MR) is 94.9 cm³/mol. The molecule has 0 aliphatic carbocycles. The number of hydrogen-bond donors (Lipinski definition) is 0. The zero-order valence-electron chi connectivity index (χ0n) is 14.1. The molecule has 1 fully saturated rings. The van der Waals surface area contributed by atoms with E-state index in [-0.39, 0.29) is 5.60 Å². The smallest absolute Gasteiger partial charge is 0.156 e. The highest BCUT2D eigenvalue weighted by molar-refractivity contribution is 6.01. The van der Waals surface area contributed by atoms with Crippen molar-refractivity contribution >= 4 is 5.71 Å². The van der Waals surface area contributed by atoms with E-state index in [1.165, 1.54) is 5.56 Å². The molecular formula is C20H20N4O. The Morgan fingerprint density at radius 1 is 1.24 bits per heavy atom. The Balaban J connectivity index is 1.42. The molecule has 2 aliphatic rings. The van der Waals surface area contributed by atoms with Gasteiger partial charge in [-0.25, -0.2) is 0 Å². The maximum Gasteiger partial charge on any atom is 0.156 e. The largest absolute Gasteiger partial charge is 0.387 e. The van der Waals surface area contributed by atoms with Gasteiger partial charge in [0.15, 0.2) is 5.60 Å². The average molecular weight is 332 g/mol. The molecule has 0 amide bonds. The van der Waals surface area contributed by atoms with Crippen LogP contribution in [0.1, 0.15) is 36.0 Å². The predicted octanol–water partition coefficient (Wildman–Crippen LogP) is 3.11. The minimum atomic E-state index is -0.212. The zero-order valence-corrected chi connectivity index (χ0v) is 14.1. The Hall–Kier alpha value is -2.71. The molecule has 0 bridgehead atoms. The standard InChI is InChI=1S/C20H20N4O/c21-12-16-4-6-17(7-5-16)14-24-10-2-8-20(15-24)11-19(23-25-20)18-3-1-9-22-13-18/h1,3-7,9,13H,2,8,10-11,14-15H2. The van der Waals surface area contributed by atoms with Crippen LogP contribution in [0.2, 0.25) is 0 Å². The summed E-state index contributed by atoms with van der Waals surface area (Å²) < 4.78 is 0. The molecule has 1 saturated heterocycles. The number of nitriles is 1. The monoisotopic (exact) mass is 332 g/mol. The van der Waals surface area contributed by atoms with Crippen molar-refractivity contribution in [3.63, 3.8) is 0 Å². The second kappa shape index (κ2) is 6.66. The average Bonchev–Trinajstić information content (AvgIpc) is 3.06. The van der Waals surface area contributed by atoms with Gasteiger partial charge in [-0.05, 0) is 49.2 Å². The van der Waals surface area contributed by atoms with E-state index in [0.29, 0.717) is 5.56 Å². The van der Waals surface area contributed by atoms with Crippen LogP contribution in [-0.2, 0) is 11.4 Å². The van der Waals surface area contributed by atoms with Crippen LogP contribution in [0, 0.1) is 11.3 Å². The molecule has 5 nitrogen and oxygen atoms in total. The molecule has 0 saturated carbocycles. The van der Waals surface area contributed by atoms with Crippen molar-refractivity contribution in [3.8, 4) is 6.07 Å². The number of hydrogen-bond acceptors (Lipinski definition) is 5. The highest BCUT2D eigenvalue weighted by atomic mass is 16.7. The quantitative estimate of drug-likeness (QED) is 0.866. The Kier molecular flexibility index (Phi) is 4.21. The van der Waals surface area contributed by atoms with E-state index in [1.807, 2.05) is 42.6 Å². The van der Waals surface area contributed by atoms with Crippen LogP contribution in [0.15, 0.2) is 53.9 Å². The highest BCUT2D eigenvalue weighted by Gasteiger charge is 2.43. The lowest BCUT2D eigenvalue weighted by atomic mass is 9.86. The Bertz CT molecular complexity index is 810. The van der Waals surface area contributed by atoms with Crippen molar-refractivity contribution in [2.75, 3.05) is 13.1 Å². The van der Waals surface area contributed by atoms with E-state index in [2.05, 4.69) is 21.1 Å². The normalized spacial score (nSPS) is 23.1. The van der Waals surface area contributed by atoms with E-state index in [0.717, 1.165) is 50.2 Å². The molecule has 1 atom stereocenters. The lowest BCUT2D eigenvalue weighted by Gasteiger charge is -2.38. The third kappa shape index (κ3) is 3.40. The van der Waals surface area contributed by atoms with Crippen LogP contribution >= 0.6 is 0 Å². The molecule has 2 aromatic rings. The number of aromatic nitrogens is 1. The number of benzene rings is 1. The van der Waals surface area contributed by atoms with Gasteiger partial charge in [0.1, 0.15) is 0 Å². The van der Waals surface area contributed by atoms with Crippen LogP contribution in [0.3, 0.4) is 0 Å². The summed E-state index contributed by atoms with van der Waals surface area (Å²) in [6.45, 7) is 2.81. The Morgan fingerprint density at radius 3 is 2.88 bits per heavy atom. The molecule has 5 heteroatoms. The molecule has 1 aromatic heterocycles. The van der Waals surface area contributed by atoms with Crippen molar-refractivity contribution in [2.24, 2.45) is 5.16 Å². The SMILES string of the molecule is N#Cc1ccc(CN2CCCC3(CC(c4cccnc4)=NO3)C2)cc1. The maximum absolute atomic E-state index is 8.91. The molecule has 2 aliphatic heterocycles. The van der Waals surface area contributed by atoms with Gasteiger partial charge in [-0.15, -0.1) is 0 Å². The summed E-state index contributed by atoms with van der Waals surface area (Å²) in [6, 6.07) is 14.0. The third-order valence-corrected chi connectivity index (χ3v) is 4.94. The maximum atomic E-state index is 8.91. The van der Waals surface area contributed by atoms with E-state index >= 15 is 0 Å². The molecule has 0 N–H and O–H groups in total. The lowest BCUT2D eigenvalue weighted by molar-refractivity contribution is -0.0704. The van der Waals surface area contributed by atoms with Gasteiger partial charge in [-0.1, -0.05) is 17.3 Å². The molecule has 4 rings (SSSR count). The molecule has 3 heterocycles. The van der Waals surface area contributed by atoms with Gasteiger partial charge in [-0.3, -0.25) is 9.88 Å². The Morgan fingerprint density at radius 2 is 2.12 bits per heavy atom. The van der Waals surface area contributed by atoms with E-state index in [4.69, 9.17) is 10.1 Å². The van der Waals surface area contributed by atoms with Crippen LogP contribution < -0.4 is 0 Å². The van der Waals surface area contributed by atoms with Gasteiger partial charge in [0.05, 0.1) is 17.3 Å². The number of likely N-dealkylation sites (tertiary alicyclic amines) is 1. The molecule has 1 unspecified atom stereocenters. The van der Waals surface area contributed by atoms with E-state index in [1.54, 1.807) is 6.20 Å². The minimum Gasteiger partial charge on any atom is -0.387 e. The number of rotatable bonds is 3. The first kappa shape index (κ1) is 15.8. The third-order valence-electron chi connectivity index (χ3n) is 4.94. The van der Waals surface area contributed by atoms with E-state index in [9.17, 15) is 0 Å². The zero-order chi connectivity index (χ0) is 17.1. The number of oxime groups is 1. The van der Waals surface area contributed by atoms with Crippen molar-refractivity contribution in [3.05, 3.63) is 65.5 Å². The number of nitrogens with zero attached hydrogens (tertiary/aromatic N) is 4. The fourth-order valence-corrected chi connectivity index (χ4v) is 3.70. The summed E-state index contributed by atoms with van der Waals surface area (Å²) in [7, 11) is 0. The van der Waals surface area contributed by atoms with Crippen molar-refractivity contribution < 1.29 is 4.84 Å². The molecule has 0 radical (unpaired) electrons. The molecule has 1 aromatic carbocycles. The van der Waals surface area contributed by atoms with Gasteiger partial charge in [-0.2, -0.15) is 5.26 Å². The minimum absolute atomic E-state index is 0.212. The van der Waals surface area contributed by atoms with Gasteiger partial charge >= 0.3 is 0 Å². The van der Waals surface area contributed by atoms with Crippen molar-refractivity contribution in [1.29, 1.82) is 5.26 Å². The summed E-state index contributed by atoms with van der Waals surface area (Å²) in [5.74, 6) is 0. The van der Waals surface area contributed by atoms with Gasteiger partial charge in [0.25, 0.3) is 0 Å². The first-order valence-corrected chi connectivity index (χ1v) is 8.63. The first-order valence-electron chi connectivity index (χ1n) is 8.63. The second-order valence-corrected chi connectivity index (χ2v) is 6.85. The molecule has 25 heavy (non-hydrogen) atoms. The van der Waals surface area contributed by atoms with Gasteiger partial charge in [0, 0.05) is 37.5 Å². The number of pyridine rings is 1. The van der Waals surface area contributed by atoms with Gasteiger partial charge in [0.2, 0.25) is 0 Å². The summed E-state index contributed by atoms with van der Waals surface area (Å²) in [5.41, 5.74) is 3.75. The van der Waals surface area contributed by atoms with Gasteiger partial charge < -0.3 is 4.84 Å². The molecule has 1 spiro atoms.